The first kappa shape index (κ1) is 18.0. The highest BCUT2D eigenvalue weighted by Crippen LogP contribution is 2.28. The number of ether oxygens (including phenoxy) is 2. The van der Waals surface area contributed by atoms with E-state index in [1.54, 1.807) is 13.0 Å². The molecule has 5 nitrogen and oxygen atoms in total. The molecule has 0 spiro atoms. The second kappa shape index (κ2) is 7.21. The van der Waals surface area contributed by atoms with Crippen LogP contribution < -0.4 is 4.74 Å². The molecule has 1 aliphatic heterocycles. The van der Waals surface area contributed by atoms with Crippen LogP contribution in [0.15, 0.2) is 36.4 Å². The molecule has 2 aromatic carbocycles. The lowest BCUT2D eigenvalue weighted by Crippen LogP contribution is -2.40. The Kier molecular flexibility index (Phi) is 4.99. The highest BCUT2D eigenvalue weighted by molar-refractivity contribution is 6.21. The topological polar surface area (TPSA) is 55.8 Å². The molecule has 2 aromatic rings. The molecule has 26 heavy (non-hydrogen) atoms. The number of carbonyl (C=O) groups is 2. The quantitative estimate of drug-likeness (QED) is 0.742. The third-order valence-electron chi connectivity index (χ3n) is 4.13. The highest BCUT2D eigenvalue weighted by atomic mass is 19.2. The van der Waals surface area contributed by atoms with Gasteiger partial charge in [0.1, 0.15) is 12.4 Å². The standard InChI is InChI=1S/C19H17F2NO4/c1-11(9-25-2)22-18(23)14-5-4-13(8-15(14)19(22)24)26-10-12-3-6-16(20)17(21)7-12/h3-8,11H,9-10H2,1-2H3. The van der Waals surface area contributed by atoms with Gasteiger partial charge in [-0.3, -0.25) is 14.5 Å². The first-order valence-corrected chi connectivity index (χ1v) is 8.00. The molecule has 0 aliphatic carbocycles. The fourth-order valence-electron chi connectivity index (χ4n) is 2.84. The summed E-state index contributed by atoms with van der Waals surface area (Å²) >= 11 is 0. The highest BCUT2D eigenvalue weighted by Gasteiger charge is 2.38. The third kappa shape index (κ3) is 3.30. The molecule has 1 heterocycles. The summed E-state index contributed by atoms with van der Waals surface area (Å²) in [6.07, 6.45) is 0. The maximum absolute atomic E-state index is 13.2. The van der Waals surface area contributed by atoms with E-state index in [0.717, 1.165) is 17.0 Å². The van der Waals surface area contributed by atoms with Crippen LogP contribution in [-0.2, 0) is 11.3 Å². The molecule has 0 fully saturated rings. The number of hydrogen-bond acceptors (Lipinski definition) is 4. The second-order valence-electron chi connectivity index (χ2n) is 6.03. The molecule has 136 valence electrons. The Morgan fingerprint density at radius 1 is 1.00 bits per heavy atom. The van der Waals surface area contributed by atoms with Crippen molar-refractivity contribution in [2.45, 2.75) is 19.6 Å². The first-order chi connectivity index (χ1) is 12.4. The summed E-state index contributed by atoms with van der Waals surface area (Å²) in [4.78, 5) is 26.1. The number of halogens is 2. The Labute approximate surface area is 149 Å². The molecule has 0 saturated carbocycles. The van der Waals surface area contributed by atoms with E-state index in [1.807, 2.05) is 0 Å². The molecule has 0 radical (unpaired) electrons. The summed E-state index contributed by atoms with van der Waals surface area (Å²) < 4.78 is 36.7. The van der Waals surface area contributed by atoms with Gasteiger partial charge in [-0.15, -0.1) is 0 Å². The zero-order valence-electron chi connectivity index (χ0n) is 14.3. The lowest BCUT2D eigenvalue weighted by Gasteiger charge is -2.21. The van der Waals surface area contributed by atoms with Crippen molar-refractivity contribution in [1.29, 1.82) is 0 Å². The molecular weight excluding hydrogens is 344 g/mol. The van der Waals surface area contributed by atoms with Crippen LogP contribution in [0.2, 0.25) is 0 Å². The van der Waals surface area contributed by atoms with Gasteiger partial charge in [0.2, 0.25) is 0 Å². The summed E-state index contributed by atoms with van der Waals surface area (Å²) in [5.74, 6) is -2.31. The summed E-state index contributed by atoms with van der Waals surface area (Å²) in [5.41, 5.74) is 1.00. The smallest absolute Gasteiger partial charge is 0.262 e. The fraction of sp³-hybridized carbons (Fsp3) is 0.263. The molecule has 0 aromatic heterocycles. The van der Waals surface area contributed by atoms with E-state index in [9.17, 15) is 18.4 Å². The van der Waals surface area contributed by atoms with E-state index in [4.69, 9.17) is 9.47 Å². The lowest BCUT2D eigenvalue weighted by atomic mass is 10.1. The predicted octanol–water partition coefficient (Wildman–Crippen LogP) is 3.17. The molecule has 1 atom stereocenters. The van der Waals surface area contributed by atoms with E-state index in [2.05, 4.69) is 0 Å². The van der Waals surface area contributed by atoms with Crippen LogP contribution in [0.4, 0.5) is 8.78 Å². The largest absolute Gasteiger partial charge is 0.489 e. The minimum absolute atomic E-state index is 0.00190. The van der Waals surface area contributed by atoms with Crippen molar-refractivity contribution < 1.29 is 27.8 Å². The monoisotopic (exact) mass is 361 g/mol. The fourth-order valence-corrected chi connectivity index (χ4v) is 2.84. The molecule has 2 amide bonds. The summed E-state index contributed by atoms with van der Waals surface area (Å²) in [7, 11) is 1.50. The first-order valence-electron chi connectivity index (χ1n) is 8.00. The van der Waals surface area contributed by atoms with Crippen LogP contribution in [0, 0.1) is 11.6 Å². The number of hydrogen-bond donors (Lipinski definition) is 0. The van der Waals surface area contributed by atoms with Crippen molar-refractivity contribution in [3.05, 3.63) is 64.7 Å². The van der Waals surface area contributed by atoms with Gasteiger partial charge in [0, 0.05) is 7.11 Å². The number of amides is 2. The van der Waals surface area contributed by atoms with Crippen LogP contribution in [0.1, 0.15) is 33.2 Å². The Morgan fingerprint density at radius 3 is 2.42 bits per heavy atom. The summed E-state index contributed by atoms with van der Waals surface area (Å²) in [6, 6.07) is 7.66. The minimum atomic E-state index is -0.955. The zero-order chi connectivity index (χ0) is 18.8. The van der Waals surface area contributed by atoms with Crippen molar-refractivity contribution in [2.75, 3.05) is 13.7 Å². The van der Waals surface area contributed by atoms with Gasteiger partial charge in [-0.05, 0) is 42.8 Å². The number of nitrogens with zero attached hydrogens (tertiary/aromatic N) is 1. The Morgan fingerprint density at radius 2 is 1.73 bits per heavy atom. The van der Waals surface area contributed by atoms with Gasteiger partial charge >= 0.3 is 0 Å². The van der Waals surface area contributed by atoms with Crippen molar-refractivity contribution >= 4 is 11.8 Å². The molecule has 0 N–H and O–H groups in total. The lowest BCUT2D eigenvalue weighted by molar-refractivity contribution is 0.0497. The Hall–Kier alpha value is -2.80. The van der Waals surface area contributed by atoms with Crippen molar-refractivity contribution in [2.24, 2.45) is 0 Å². The van der Waals surface area contributed by atoms with E-state index in [-0.39, 0.29) is 30.7 Å². The zero-order valence-corrected chi connectivity index (χ0v) is 14.3. The van der Waals surface area contributed by atoms with Crippen LogP contribution in [-0.4, -0.2) is 36.5 Å². The van der Waals surface area contributed by atoms with E-state index in [1.165, 1.54) is 25.3 Å². The van der Waals surface area contributed by atoms with Crippen molar-refractivity contribution in [3.63, 3.8) is 0 Å². The predicted molar refractivity (Wildman–Crippen MR) is 89.0 cm³/mol. The maximum Gasteiger partial charge on any atom is 0.262 e. The van der Waals surface area contributed by atoms with Crippen LogP contribution >= 0.6 is 0 Å². The molecule has 1 unspecified atom stereocenters. The third-order valence-corrected chi connectivity index (χ3v) is 4.13. The molecule has 3 rings (SSSR count). The summed E-state index contributed by atoms with van der Waals surface area (Å²) in [6.45, 7) is 1.97. The van der Waals surface area contributed by atoms with Crippen LogP contribution in [0.3, 0.4) is 0 Å². The minimum Gasteiger partial charge on any atom is -0.489 e. The van der Waals surface area contributed by atoms with Crippen molar-refractivity contribution in [1.82, 2.24) is 4.90 Å². The number of carbonyl (C=O) groups excluding carboxylic acids is 2. The number of rotatable bonds is 6. The summed E-state index contributed by atoms with van der Waals surface area (Å²) in [5, 5.41) is 0. The number of fused-ring (bicyclic) bond motifs is 1. The second-order valence-corrected chi connectivity index (χ2v) is 6.03. The van der Waals surface area contributed by atoms with E-state index < -0.39 is 17.5 Å². The number of imide groups is 1. The van der Waals surface area contributed by atoms with Crippen LogP contribution in [0.25, 0.3) is 0 Å². The van der Waals surface area contributed by atoms with Gasteiger partial charge in [-0.2, -0.15) is 0 Å². The molecule has 0 saturated heterocycles. The normalized spacial score (nSPS) is 14.5. The maximum atomic E-state index is 13.2. The van der Waals surface area contributed by atoms with Crippen molar-refractivity contribution in [3.8, 4) is 5.75 Å². The van der Waals surface area contributed by atoms with E-state index in [0.29, 0.717) is 16.9 Å². The van der Waals surface area contributed by atoms with Gasteiger partial charge in [0.05, 0.1) is 23.8 Å². The SMILES string of the molecule is COCC(C)N1C(=O)c2ccc(OCc3ccc(F)c(F)c3)cc2C1=O. The van der Waals surface area contributed by atoms with E-state index >= 15 is 0 Å². The van der Waals surface area contributed by atoms with Crippen LogP contribution in [0.5, 0.6) is 5.75 Å². The number of methoxy groups -OCH3 is 1. The van der Waals surface area contributed by atoms with Gasteiger partial charge in [-0.1, -0.05) is 6.07 Å². The molecular formula is C19H17F2NO4. The Bertz CT molecular complexity index is 869. The van der Waals surface area contributed by atoms with Gasteiger partial charge in [-0.25, -0.2) is 8.78 Å². The molecule has 7 heteroatoms. The molecule has 1 aliphatic rings. The van der Waals surface area contributed by atoms with Gasteiger partial charge < -0.3 is 9.47 Å². The van der Waals surface area contributed by atoms with Gasteiger partial charge in [0.15, 0.2) is 11.6 Å². The average molecular weight is 361 g/mol. The Balaban J connectivity index is 1.77. The average Bonchev–Trinajstić information content (AvgIpc) is 2.87. The van der Waals surface area contributed by atoms with Gasteiger partial charge in [0.25, 0.3) is 11.8 Å². The molecule has 0 bridgehead atoms. The number of benzene rings is 2.